The molecule has 4 nitrogen and oxygen atoms in total. The lowest BCUT2D eigenvalue weighted by atomic mass is 9.56. The van der Waals surface area contributed by atoms with Crippen LogP contribution in [0.4, 0.5) is 0 Å². The maximum absolute atomic E-state index is 11.3. The van der Waals surface area contributed by atoms with Crippen LogP contribution in [0.5, 0.6) is 5.75 Å². The summed E-state index contributed by atoms with van der Waals surface area (Å²) in [7, 11) is 0. The summed E-state index contributed by atoms with van der Waals surface area (Å²) in [5, 5.41) is 20.4. The van der Waals surface area contributed by atoms with E-state index in [2.05, 4.69) is 6.92 Å². The standard InChI is InChI=1S/C21H28O4/c1-2-21-9-8-20(24,12-14-3-4-14)13-16(21)7-10-25-18-11-15(19(22)23)5-6-17(18)21/h5-6,11,14,16,24H,2-4,7-10,12-13H2,1H3,(H,22,23)/t16-,20-,21+/m1/s1. The number of hydrogen-bond acceptors (Lipinski definition) is 3. The van der Waals surface area contributed by atoms with Crippen molar-refractivity contribution in [2.45, 2.75) is 69.3 Å². The summed E-state index contributed by atoms with van der Waals surface area (Å²) >= 11 is 0. The molecule has 0 bridgehead atoms. The summed E-state index contributed by atoms with van der Waals surface area (Å²) in [5.41, 5.74) is 0.912. The van der Waals surface area contributed by atoms with Gasteiger partial charge < -0.3 is 14.9 Å². The zero-order chi connectivity index (χ0) is 17.7. The van der Waals surface area contributed by atoms with Gasteiger partial charge in [0, 0.05) is 11.0 Å². The number of hydrogen-bond donors (Lipinski definition) is 2. The van der Waals surface area contributed by atoms with Gasteiger partial charge in [0.1, 0.15) is 5.75 Å². The smallest absolute Gasteiger partial charge is 0.335 e. The maximum atomic E-state index is 11.3. The molecule has 1 heterocycles. The highest BCUT2D eigenvalue weighted by Crippen LogP contribution is 2.56. The lowest BCUT2D eigenvalue weighted by Crippen LogP contribution is -2.47. The summed E-state index contributed by atoms with van der Waals surface area (Å²) in [4.78, 5) is 11.3. The molecule has 1 aromatic carbocycles. The molecule has 2 saturated carbocycles. The van der Waals surface area contributed by atoms with Gasteiger partial charge in [-0.25, -0.2) is 4.79 Å². The van der Waals surface area contributed by atoms with E-state index in [1.54, 1.807) is 12.1 Å². The van der Waals surface area contributed by atoms with Crippen LogP contribution in [-0.2, 0) is 5.41 Å². The van der Waals surface area contributed by atoms with Crippen molar-refractivity contribution in [3.8, 4) is 5.75 Å². The Kier molecular flexibility index (Phi) is 4.06. The molecule has 2 fully saturated rings. The topological polar surface area (TPSA) is 66.8 Å². The third-order valence-corrected chi connectivity index (χ3v) is 6.93. The van der Waals surface area contributed by atoms with E-state index in [1.807, 2.05) is 6.07 Å². The van der Waals surface area contributed by atoms with Crippen molar-refractivity contribution in [1.82, 2.24) is 0 Å². The van der Waals surface area contributed by atoms with E-state index in [0.29, 0.717) is 12.5 Å². The zero-order valence-corrected chi connectivity index (χ0v) is 15.0. The highest BCUT2D eigenvalue weighted by molar-refractivity contribution is 5.88. The molecule has 4 rings (SSSR count). The number of benzene rings is 1. The molecule has 3 aliphatic rings. The largest absolute Gasteiger partial charge is 0.493 e. The van der Waals surface area contributed by atoms with Crippen LogP contribution < -0.4 is 4.74 Å². The Morgan fingerprint density at radius 3 is 2.76 bits per heavy atom. The molecule has 0 unspecified atom stereocenters. The fourth-order valence-electron chi connectivity index (χ4n) is 5.35. The van der Waals surface area contributed by atoms with Gasteiger partial charge in [-0.1, -0.05) is 25.8 Å². The Labute approximate surface area is 149 Å². The number of aliphatic hydroxyl groups is 1. The van der Waals surface area contributed by atoms with Crippen molar-refractivity contribution in [2.75, 3.05) is 6.61 Å². The fraction of sp³-hybridized carbons (Fsp3) is 0.667. The first-order valence-corrected chi connectivity index (χ1v) is 9.69. The van der Waals surface area contributed by atoms with Gasteiger partial charge in [0.15, 0.2) is 0 Å². The van der Waals surface area contributed by atoms with E-state index in [-0.39, 0.29) is 11.0 Å². The molecule has 0 spiro atoms. The molecule has 1 aromatic rings. The molecule has 25 heavy (non-hydrogen) atoms. The molecule has 0 aromatic heterocycles. The molecule has 4 heteroatoms. The monoisotopic (exact) mass is 344 g/mol. The molecule has 0 saturated heterocycles. The van der Waals surface area contributed by atoms with Crippen LogP contribution >= 0.6 is 0 Å². The maximum Gasteiger partial charge on any atom is 0.335 e. The summed E-state index contributed by atoms with van der Waals surface area (Å²) in [6.45, 7) is 2.82. The van der Waals surface area contributed by atoms with Crippen LogP contribution in [0.1, 0.15) is 74.2 Å². The lowest BCUT2D eigenvalue weighted by Gasteiger charge is -2.49. The number of rotatable bonds is 4. The first-order valence-electron chi connectivity index (χ1n) is 9.69. The average molecular weight is 344 g/mol. The van der Waals surface area contributed by atoms with Crippen molar-refractivity contribution >= 4 is 5.97 Å². The average Bonchev–Trinajstić information content (AvgIpc) is 3.40. The van der Waals surface area contributed by atoms with Crippen LogP contribution in [0.3, 0.4) is 0 Å². The molecule has 0 amide bonds. The number of carboxylic acids is 1. The second-order valence-corrected chi connectivity index (χ2v) is 8.44. The molecular formula is C21H28O4. The first kappa shape index (κ1) is 16.9. The lowest BCUT2D eigenvalue weighted by molar-refractivity contribution is -0.0574. The van der Waals surface area contributed by atoms with Crippen molar-refractivity contribution in [2.24, 2.45) is 11.8 Å². The van der Waals surface area contributed by atoms with Gasteiger partial charge in [-0.3, -0.25) is 0 Å². The SMILES string of the molecule is CC[C@]12CC[C@@](O)(CC3CC3)C[C@H]1CCOc1cc(C(=O)O)ccc12. The second kappa shape index (κ2) is 6.01. The van der Waals surface area contributed by atoms with Crippen molar-refractivity contribution < 1.29 is 19.7 Å². The van der Waals surface area contributed by atoms with Gasteiger partial charge in [0.25, 0.3) is 0 Å². The molecule has 1 aliphatic heterocycles. The Hall–Kier alpha value is -1.55. The van der Waals surface area contributed by atoms with E-state index in [4.69, 9.17) is 4.74 Å². The van der Waals surface area contributed by atoms with Crippen LogP contribution in [-0.4, -0.2) is 28.4 Å². The third kappa shape index (κ3) is 2.95. The molecular weight excluding hydrogens is 316 g/mol. The van der Waals surface area contributed by atoms with Gasteiger partial charge in [0.05, 0.1) is 17.8 Å². The number of fused-ring (bicyclic) bond motifs is 3. The second-order valence-electron chi connectivity index (χ2n) is 8.44. The van der Waals surface area contributed by atoms with Gasteiger partial charge in [-0.2, -0.15) is 0 Å². The summed E-state index contributed by atoms with van der Waals surface area (Å²) < 4.78 is 5.97. The predicted octanol–water partition coefficient (Wildman–Crippen LogP) is 4.15. The Morgan fingerprint density at radius 2 is 2.08 bits per heavy atom. The normalized spacial score (nSPS) is 34.4. The molecule has 136 valence electrons. The minimum atomic E-state index is -0.916. The summed E-state index contributed by atoms with van der Waals surface area (Å²) in [6.07, 6.45) is 8.08. The van der Waals surface area contributed by atoms with Crippen molar-refractivity contribution in [1.29, 1.82) is 0 Å². The summed E-state index contributed by atoms with van der Waals surface area (Å²) in [5.74, 6) is 0.940. The number of carboxylic acid groups (broad SMARTS) is 1. The van der Waals surface area contributed by atoms with Gasteiger partial charge >= 0.3 is 5.97 Å². The van der Waals surface area contributed by atoms with Gasteiger partial charge in [0.2, 0.25) is 0 Å². The van der Waals surface area contributed by atoms with Crippen LogP contribution in [0.15, 0.2) is 18.2 Å². The Morgan fingerprint density at radius 1 is 1.28 bits per heavy atom. The van der Waals surface area contributed by atoms with E-state index in [9.17, 15) is 15.0 Å². The quantitative estimate of drug-likeness (QED) is 0.861. The molecule has 2 N–H and O–H groups in total. The Bertz CT molecular complexity index is 680. The van der Waals surface area contributed by atoms with Crippen LogP contribution in [0.25, 0.3) is 0 Å². The van der Waals surface area contributed by atoms with Crippen molar-refractivity contribution in [3.05, 3.63) is 29.3 Å². The fourth-order valence-corrected chi connectivity index (χ4v) is 5.35. The van der Waals surface area contributed by atoms with Gasteiger partial charge in [-0.15, -0.1) is 0 Å². The van der Waals surface area contributed by atoms with E-state index in [0.717, 1.165) is 55.8 Å². The van der Waals surface area contributed by atoms with E-state index >= 15 is 0 Å². The third-order valence-electron chi connectivity index (χ3n) is 6.93. The highest BCUT2D eigenvalue weighted by Gasteiger charge is 2.51. The minimum absolute atomic E-state index is 0.00134. The minimum Gasteiger partial charge on any atom is -0.493 e. The molecule has 0 radical (unpaired) electrons. The predicted molar refractivity (Wildman–Crippen MR) is 95.1 cm³/mol. The number of aromatic carboxylic acids is 1. The van der Waals surface area contributed by atoms with Crippen LogP contribution in [0, 0.1) is 11.8 Å². The zero-order valence-electron chi connectivity index (χ0n) is 15.0. The number of ether oxygens (including phenoxy) is 1. The molecule has 3 atom stereocenters. The molecule has 2 aliphatic carbocycles. The highest BCUT2D eigenvalue weighted by atomic mass is 16.5. The first-order chi connectivity index (χ1) is 12.0. The number of carbonyl (C=O) groups is 1. The van der Waals surface area contributed by atoms with E-state index in [1.165, 1.54) is 12.8 Å². The van der Waals surface area contributed by atoms with Crippen molar-refractivity contribution in [3.63, 3.8) is 0 Å². The summed E-state index contributed by atoms with van der Waals surface area (Å²) in [6, 6.07) is 5.35. The van der Waals surface area contributed by atoms with Gasteiger partial charge in [-0.05, 0) is 62.5 Å². The van der Waals surface area contributed by atoms with E-state index < -0.39 is 11.6 Å². The van der Waals surface area contributed by atoms with Crippen LogP contribution in [0.2, 0.25) is 0 Å². The Balaban J connectivity index is 1.69.